The molecule has 0 radical (unpaired) electrons. The molecule has 0 atom stereocenters. The van der Waals surface area contributed by atoms with Crippen LogP contribution >= 0.6 is 0 Å². The van der Waals surface area contributed by atoms with Crippen LogP contribution in [0, 0.1) is 18.3 Å². The van der Waals surface area contributed by atoms with E-state index in [0.717, 1.165) is 29.7 Å². The molecule has 4 heterocycles. The van der Waals surface area contributed by atoms with Crippen molar-refractivity contribution in [1.29, 1.82) is 5.26 Å². The van der Waals surface area contributed by atoms with Crippen molar-refractivity contribution >= 4 is 17.5 Å². The fourth-order valence-corrected chi connectivity index (χ4v) is 5.26. The molecule has 2 aliphatic heterocycles. The number of fused-ring (bicyclic) bond motifs is 2. The second-order valence-electron chi connectivity index (χ2n) is 10.0. The van der Waals surface area contributed by atoms with Crippen molar-refractivity contribution in [1.82, 2.24) is 14.9 Å². The van der Waals surface area contributed by atoms with Crippen LogP contribution in [-0.2, 0) is 28.1 Å². The molecule has 1 N–H and O–H groups in total. The minimum Gasteiger partial charge on any atom is -0.385 e. The highest BCUT2D eigenvalue weighted by molar-refractivity contribution is 6.05. The standard InChI is InChI=1S/C30H31N5O4/c1-20-27(34-28(36)22-6-7-25(33-17-22)4-3-13-38-2)15-23(18-32-20)29(37)35-11-9-30(10-12-35)26-8-5-21(16-31)14-24(26)19-39-30/h5-8,14-15,17-18H,3-4,9-13,19H2,1-2H3,(H,34,36). The molecule has 1 fully saturated rings. The van der Waals surface area contributed by atoms with E-state index in [1.165, 1.54) is 0 Å². The van der Waals surface area contributed by atoms with E-state index in [2.05, 4.69) is 21.4 Å². The number of amides is 2. The summed E-state index contributed by atoms with van der Waals surface area (Å²) in [6.07, 6.45) is 6.11. The molecule has 3 aromatic rings. The fourth-order valence-electron chi connectivity index (χ4n) is 5.26. The van der Waals surface area contributed by atoms with Gasteiger partial charge in [-0.1, -0.05) is 6.07 Å². The number of anilines is 1. The fraction of sp³-hybridized carbons (Fsp3) is 0.367. The summed E-state index contributed by atoms with van der Waals surface area (Å²) >= 11 is 0. The molecule has 1 saturated heterocycles. The van der Waals surface area contributed by atoms with Crippen molar-refractivity contribution in [2.75, 3.05) is 32.1 Å². The van der Waals surface area contributed by atoms with Crippen LogP contribution in [0.5, 0.6) is 0 Å². The number of pyridine rings is 2. The lowest BCUT2D eigenvalue weighted by Gasteiger charge is -2.39. The number of hydrogen-bond donors (Lipinski definition) is 1. The summed E-state index contributed by atoms with van der Waals surface area (Å²) in [4.78, 5) is 36.8. The zero-order valence-electron chi connectivity index (χ0n) is 22.2. The Balaban J connectivity index is 1.23. The van der Waals surface area contributed by atoms with E-state index >= 15 is 0 Å². The Labute approximate surface area is 227 Å². The summed E-state index contributed by atoms with van der Waals surface area (Å²) in [5, 5.41) is 12.1. The monoisotopic (exact) mass is 525 g/mol. The van der Waals surface area contributed by atoms with E-state index in [1.54, 1.807) is 43.5 Å². The van der Waals surface area contributed by atoms with Gasteiger partial charge in [-0.2, -0.15) is 5.26 Å². The molecular formula is C30H31N5O4. The van der Waals surface area contributed by atoms with Crippen molar-refractivity contribution in [3.05, 3.63) is 88.0 Å². The SMILES string of the molecule is COCCCc1ccc(C(=O)Nc2cc(C(=O)N3CCC4(CC3)OCc3cc(C#N)ccc34)cnc2C)cn1. The number of likely N-dealkylation sites (tertiary alicyclic amines) is 1. The van der Waals surface area contributed by atoms with Gasteiger partial charge in [0.25, 0.3) is 11.8 Å². The number of nitrogens with zero attached hydrogens (tertiary/aromatic N) is 4. The first-order valence-electron chi connectivity index (χ1n) is 13.1. The summed E-state index contributed by atoms with van der Waals surface area (Å²) in [5.74, 6) is -0.440. The van der Waals surface area contributed by atoms with Gasteiger partial charge in [-0.3, -0.25) is 19.6 Å². The summed E-state index contributed by atoms with van der Waals surface area (Å²) in [6.45, 7) is 4.01. The topological polar surface area (TPSA) is 117 Å². The highest BCUT2D eigenvalue weighted by Gasteiger charge is 2.43. The zero-order valence-corrected chi connectivity index (χ0v) is 22.2. The first-order chi connectivity index (χ1) is 18.9. The minimum absolute atomic E-state index is 0.132. The third-order valence-corrected chi connectivity index (χ3v) is 7.54. The molecule has 5 rings (SSSR count). The number of nitriles is 1. The summed E-state index contributed by atoms with van der Waals surface area (Å²) < 4.78 is 11.3. The van der Waals surface area contributed by atoms with Crippen LogP contribution in [0.3, 0.4) is 0 Å². The Morgan fingerprint density at radius 2 is 1.92 bits per heavy atom. The van der Waals surface area contributed by atoms with Gasteiger partial charge >= 0.3 is 0 Å². The summed E-state index contributed by atoms with van der Waals surface area (Å²) in [6, 6.07) is 13.2. The number of carbonyl (C=O) groups excluding carboxylic acids is 2. The number of carbonyl (C=O) groups is 2. The molecule has 200 valence electrons. The number of aryl methyl sites for hydroxylation is 2. The molecule has 2 aliphatic rings. The number of nitrogens with one attached hydrogen (secondary N) is 1. The Morgan fingerprint density at radius 3 is 2.64 bits per heavy atom. The van der Waals surface area contributed by atoms with Gasteiger partial charge in [0, 0.05) is 44.9 Å². The van der Waals surface area contributed by atoms with E-state index in [4.69, 9.17) is 9.47 Å². The minimum atomic E-state index is -0.419. The van der Waals surface area contributed by atoms with Gasteiger partial charge in [0.2, 0.25) is 0 Å². The van der Waals surface area contributed by atoms with Crippen molar-refractivity contribution in [2.45, 2.75) is 44.8 Å². The first-order valence-corrected chi connectivity index (χ1v) is 13.1. The second-order valence-corrected chi connectivity index (χ2v) is 10.0. The third kappa shape index (κ3) is 5.53. The maximum Gasteiger partial charge on any atom is 0.257 e. The van der Waals surface area contributed by atoms with Crippen molar-refractivity contribution in [3.63, 3.8) is 0 Å². The summed E-state index contributed by atoms with van der Waals surface area (Å²) in [7, 11) is 1.67. The number of benzene rings is 1. The molecule has 9 nitrogen and oxygen atoms in total. The van der Waals surface area contributed by atoms with Gasteiger partial charge in [0.1, 0.15) is 0 Å². The average Bonchev–Trinajstić information content (AvgIpc) is 3.31. The molecule has 39 heavy (non-hydrogen) atoms. The predicted octanol–water partition coefficient (Wildman–Crippen LogP) is 4.15. The number of rotatable bonds is 7. The highest BCUT2D eigenvalue weighted by Crippen LogP contribution is 2.44. The highest BCUT2D eigenvalue weighted by atomic mass is 16.5. The van der Waals surface area contributed by atoms with Crippen molar-refractivity contribution in [2.24, 2.45) is 0 Å². The van der Waals surface area contributed by atoms with E-state index in [0.29, 0.717) is 67.2 Å². The molecule has 1 spiro atoms. The summed E-state index contributed by atoms with van der Waals surface area (Å²) in [5.41, 5.74) is 5.24. The maximum absolute atomic E-state index is 13.4. The van der Waals surface area contributed by atoms with Gasteiger partial charge in [0.15, 0.2) is 0 Å². The van der Waals surface area contributed by atoms with Crippen LogP contribution in [-0.4, -0.2) is 53.5 Å². The van der Waals surface area contributed by atoms with E-state index < -0.39 is 5.60 Å². The normalized spacial score (nSPS) is 15.6. The average molecular weight is 526 g/mol. The van der Waals surface area contributed by atoms with Crippen LogP contribution in [0.1, 0.15) is 68.1 Å². The number of piperidine rings is 1. The maximum atomic E-state index is 13.4. The van der Waals surface area contributed by atoms with Crippen molar-refractivity contribution < 1.29 is 19.1 Å². The quantitative estimate of drug-likeness (QED) is 0.461. The first kappa shape index (κ1) is 26.5. The number of methoxy groups -OCH3 is 1. The molecule has 2 amide bonds. The van der Waals surface area contributed by atoms with E-state index in [1.807, 2.05) is 24.3 Å². The molecule has 0 aliphatic carbocycles. The lowest BCUT2D eigenvalue weighted by Crippen LogP contribution is -2.45. The zero-order chi connectivity index (χ0) is 27.4. The van der Waals surface area contributed by atoms with Crippen LogP contribution in [0.2, 0.25) is 0 Å². The smallest absolute Gasteiger partial charge is 0.257 e. The Kier molecular flexibility index (Phi) is 7.68. The Morgan fingerprint density at radius 1 is 1.13 bits per heavy atom. The van der Waals surface area contributed by atoms with E-state index in [9.17, 15) is 14.9 Å². The molecule has 2 aromatic heterocycles. The number of aromatic nitrogens is 2. The lowest BCUT2D eigenvalue weighted by atomic mass is 9.83. The Hall–Kier alpha value is -4.13. The third-order valence-electron chi connectivity index (χ3n) is 7.54. The van der Waals surface area contributed by atoms with Crippen molar-refractivity contribution in [3.8, 4) is 6.07 Å². The van der Waals surface area contributed by atoms with Crippen LogP contribution in [0.4, 0.5) is 5.69 Å². The number of ether oxygens (including phenoxy) is 2. The predicted molar refractivity (Wildman–Crippen MR) is 144 cm³/mol. The van der Waals surface area contributed by atoms with Gasteiger partial charge in [-0.25, -0.2) is 0 Å². The van der Waals surface area contributed by atoms with Crippen LogP contribution in [0.25, 0.3) is 0 Å². The van der Waals surface area contributed by atoms with E-state index in [-0.39, 0.29) is 11.8 Å². The molecule has 0 saturated carbocycles. The van der Waals surface area contributed by atoms with Gasteiger partial charge in [-0.15, -0.1) is 0 Å². The van der Waals surface area contributed by atoms with Crippen LogP contribution < -0.4 is 5.32 Å². The van der Waals surface area contributed by atoms with Gasteiger partial charge in [0.05, 0.1) is 46.3 Å². The second kappa shape index (κ2) is 11.3. The lowest BCUT2D eigenvalue weighted by molar-refractivity contribution is -0.0741. The molecule has 0 bridgehead atoms. The van der Waals surface area contributed by atoms with Gasteiger partial charge in [-0.05, 0) is 74.1 Å². The largest absolute Gasteiger partial charge is 0.385 e. The molecular weight excluding hydrogens is 494 g/mol. The molecule has 1 aromatic carbocycles. The Bertz CT molecular complexity index is 1420. The molecule has 0 unspecified atom stereocenters. The number of hydrogen-bond acceptors (Lipinski definition) is 7. The molecule has 9 heteroatoms. The van der Waals surface area contributed by atoms with Crippen LogP contribution in [0.15, 0.2) is 48.8 Å². The van der Waals surface area contributed by atoms with Gasteiger partial charge < -0.3 is 19.7 Å².